The Balaban J connectivity index is 2.49. The molecule has 1 rings (SSSR count). The lowest BCUT2D eigenvalue weighted by Crippen LogP contribution is -2.06. The van der Waals surface area contributed by atoms with Crippen LogP contribution in [-0.2, 0) is 11.3 Å². The third kappa shape index (κ3) is 1.57. The Bertz CT molecular complexity index is 195. The molecule has 0 fully saturated rings. The van der Waals surface area contributed by atoms with Gasteiger partial charge in [0.1, 0.15) is 0 Å². The van der Waals surface area contributed by atoms with Crippen molar-refractivity contribution in [1.29, 1.82) is 0 Å². The normalized spacial score (nSPS) is 10.2. The zero-order chi connectivity index (χ0) is 7.40. The first-order valence-electron chi connectivity index (χ1n) is 3.23. The molecular weight excluding hydrogens is 128 g/mol. The van der Waals surface area contributed by atoms with E-state index in [0.29, 0.717) is 6.61 Å². The summed E-state index contributed by atoms with van der Waals surface area (Å²) in [6.07, 6.45) is 1.67. The molecule has 0 aliphatic rings. The number of methoxy groups -OCH3 is 1. The van der Waals surface area contributed by atoms with Crippen molar-refractivity contribution in [3.05, 3.63) is 18.0 Å². The minimum absolute atomic E-state index is 0.705. The standard InChI is InChI=1S/C7H11N2O/c1-7-3-4-8-9(7)5-6-10-2/h4H,5-6H2,1-2H3. The fourth-order valence-corrected chi connectivity index (χ4v) is 0.756. The van der Waals surface area contributed by atoms with E-state index in [1.165, 1.54) is 0 Å². The minimum atomic E-state index is 0.705. The van der Waals surface area contributed by atoms with E-state index in [0.717, 1.165) is 12.2 Å². The maximum atomic E-state index is 4.90. The molecule has 0 saturated carbocycles. The Morgan fingerprint density at radius 3 is 3.10 bits per heavy atom. The van der Waals surface area contributed by atoms with Crippen LogP contribution in [0.3, 0.4) is 0 Å². The molecule has 0 unspecified atom stereocenters. The lowest BCUT2D eigenvalue weighted by Gasteiger charge is -2.01. The maximum absolute atomic E-state index is 4.90. The second-order valence-corrected chi connectivity index (χ2v) is 2.09. The molecule has 3 nitrogen and oxygen atoms in total. The molecule has 0 amide bonds. The molecule has 0 spiro atoms. The van der Waals surface area contributed by atoms with Crippen LogP contribution in [0.2, 0.25) is 0 Å². The summed E-state index contributed by atoms with van der Waals surface area (Å²) in [6.45, 7) is 3.49. The maximum Gasteiger partial charge on any atom is 0.0658 e. The molecule has 1 aromatic rings. The van der Waals surface area contributed by atoms with Crippen LogP contribution in [0.15, 0.2) is 6.20 Å². The van der Waals surface area contributed by atoms with Gasteiger partial charge in [-0.1, -0.05) is 0 Å². The molecule has 55 valence electrons. The fraction of sp³-hybridized carbons (Fsp3) is 0.571. The molecular formula is C7H11N2O. The van der Waals surface area contributed by atoms with Gasteiger partial charge < -0.3 is 4.74 Å². The van der Waals surface area contributed by atoms with Crippen molar-refractivity contribution in [1.82, 2.24) is 9.78 Å². The van der Waals surface area contributed by atoms with Crippen LogP contribution in [0.1, 0.15) is 5.69 Å². The largest absolute Gasteiger partial charge is 0.383 e. The Morgan fingerprint density at radius 1 is 1.80 bits per heavy atom. The smallest absolute Gasteiger partial charge is 0.0658 e. The van der Waals surface area contributed by atoms with Gasteiger partial charge in [-0.3, -0.25) is 4.68 Å². The predicted octanol–water partition coefficient (Wildman–Crippen LogP) is 0.638. The minimum Gasteiger partial charge on any atom is -0.383 e. The van der Waals surface area contributed by atoms with Gasteiger partial charge in [0, 0.05) is 18.9 Å². The van der Waals surface area contributed by atoms with Crippen LogP contribution >= 0.6 is 0 Å². The van der Waals surface area contributed by atoms with Gasteiger partial charge in [0.25, 0.3) is 0 Å². The van der Waals surface area contributed by atoms with Crippen molar-refractivity contribution in [2.75, 3.05) is 13.7 Å². The van der Waals surface area contributed by atoms with E-state index < -0.39 is 0 Å². The molecule has 0 saturated heterocycles. The highest BCUT2D eigenvalue weighted by Crippen LogP contribution is 1.93. The van der Waals surface area contributed by atoms with E-state index in [1.54, 1.807) is 13.3 Å². The van der Waals surface area contributed by atoms with Crippen molar-refractivity contribution in [2.24, 2.45) is 0 Å². The summed E-state index contributed by atoms with van der Waals surface area (Å²) in [6, 6.07) is 2.97. The van der Waals surface area contributed by atoms with Crippen LogP contribution in [0.5, 0.6) is 0 Å². The van der Waals surface area contributed by atoms with Crippen LogP contribution in [0.4, 0.5) is 0 Å². The highest BCUT2D eigenvalue weighted by atomic mass is 16.5. The zero-order valence-electron chi connectivity index (χ0n) is 6.29. The van der Waals surface area contributed by atoms with Gasteiger partial charge in [0.15, 0.2) is 0 Å². The summed E-state index contributed by atoms with van der Waals surface area (Å²) < 4.78 is 6.76. The molecule has 1 heterocycles. The first-order valence-corrected chi connectivity index (χ1v) is 3.23. The summed E-state index contributed by atoms with van der Waals surface area (Å²) in [5.74, 6) is 0. The first-order chi connectivity index (χ1) is 4.84. The van der Waals surface area contributed by atoms with Crippen LogP contribution in [0, 0.1) is 13.0 Å². The average Bonchev–Trinajstić information content (AvgIpc) is 2.31. The summed E-state index contributed by atoms with van der Waals surface area (Å²) >= 11 is 0. The Hall–Kier alpha value is -0.830. The molecule has 1 aromatic heterocycles. The second kappa shape index (κ2) is 3.37. The Morgan fingerprint density at radius 2 is 2.60 bits per heavy atom. The van der Waals surface area contributed by atoms with Crippen molar-refractivity contribution in [3.8, 4) is 0 Å². The van der Waals surface area contributed by atoms with Crippen molar-refractivity contribution in [2.45, 2.75) is 13.5 Å². The Kier molecular flexibility index (Phi) is 2.45. The summed E-state index contributed by atoms with van der Waals surface area (Å²) in [5, 5.41) is 4.03. The van der Waals surface area contributed by atoms with Gasteiger partial charge in [-0.2, -0.15) is 5.10 Å². The highest BCUT2D eigenvalue weighted by molar-refractivity contribution is 4.93. The van der Waals surface area contributed by atoms with Gasteiger partial charge in [0.2, 0.25) is 0 Å². The van der Waals surface area contributed by atoms with Gasteiger partial charge in [-0.05, 0) is 6.92 Å². The summed E-state index contributed by atoms with van der Waals surface area (Å²) in [4.78, 5) is 0. The lowest BCUT2D eigenvalue weighted by molar-refractivity contribution is 0.183. The molecule has 10 heavy (non-hydrogen) atoms. The number of aromatic nitrogens is 2. The van der Waals surface area contributed by atoms with E-state index >= 15 is 0 Å². The number of rotatable bonds is 3. The quantitative estimate of drug-likeness (QED) is 0.614. The topological polar surface area (TPSA) is 27.1 Å². The SMILES string of the molecule is COCCn1nc[c]c1C. The molecule has 0 aromatic carbocycles. The van der Waals surface area contributed by atoms with Gasteiger partial charge >= 0.3 is 0 Å². The van der Waals surface area contributed by atoms with E-state index in [2.05, 4.69) is 11.2 Å². The molecule has 1 radical (unpaired) electrons. The number of nitrogens with zero attached hydrogens (tertiary/aromatic N) is 2. The zero-order valence-corrected chi connectivity index (χ0v) is 6.29. The molecule has 0 N–H and O–H groups in total. The number of ether oxygens (including phenoxy) is 1. The molecule has 0 bridgehead atoms. The van der Waals surface area contributed by atoms with Crippen LogP contribution < -0.4 is 0 Å². The van der Waals surface area contributed by atoms with E-state index in [4.69, 9.17) is 4.74 Å². The third-order valence-corrected chi connectivity index (χ3v) is 1.36. The van der Waals surface area contributed by atoms with Gasteiger partial charge in [-0.25, -0.2) is 0 Å². The van der Waals surface area contributed by atoms with Crippen LogP contribution in [-0.4, -0.2) is 23.5 Å². The molecule has 0 atom stereocenters. The fourth-order valence-electron chi connectivity index (χ4n) is 0.756. The lowest BCUT2D eigenvalue weighted by atomic mass is 10.5. The van der Waals surface area contributed by atoms with Crippen molar-refractivity contribution in [3.63, 3.8) is 0 Å². The Labute approximate surface area is 60.6 Å². The number of aryl methyl sites for hydroxylation is 1. The molecule has 0 aliphatic carbocycles. The highest BCUT2D eigenvalue weighted by Gasteiger charge is 1.94. The van der Waals surface area contributed by atoms with E-state index in [1.807, 2.05) is 11.6 Å². The second-order valence-electron chi connectivity index (χ2n) is 2.09. The van der Waals surface area contributed by atoms with E-state index in [-0.39, 0.29) is 0 Å². The number of hydrogen-bond acceptors (Lipinski definition) is 2. The first kappa shape index (κ1) is 7.28. The van der Waals surface area contributed by atoms with Crippen molar-refractivity contribution < 1.29 is 4.74 Å². The predicted molar refractivity (Wildman–Crippen MR) is 37.7 cm³/mol. The van der Waals surface area contributed by atoms with E-state index in [9.17, 15) is 0 Å². The van der Waals surface area contributed by atoms with Gasteiger partial charge in [0.05, 0.1) is 19.3 Å². The molecule has 0 aliphatic heterocycles. The van der Waals surface area contributed by atoms with Gasteiger partial charge in [-0.15, -0.1) is 0 Å². The average molecular weight is 139 g/mol. The summed E-state index contributed by atoms with van der Waals surface area (Å²) in [5.41, 5.74) is 1.05. The van der Waals surface area contributed by atoms with Crippen molar-refractivity contribution >= 4 is 0 Å². The third-order valence-electron chi connectivity index (χ3n) is 1.36. The monoisotopic (exact) mass is 139 g/mol. The number of hydrogen-bond donors (Lipinski definition) is 0. The molecule has 3 heteroatoms. The van der Waals surface area contributed by atoms with Crippen LogP contribution in [0.25, 0.3) is 0 Å². The summed E-state index contributed by atoms with van der Waals surface area (Å²) in [7, 11) is 1.68.